The molecule has 0 saturated carbocycles. The SMILES string of the molecule is O=C(O)c1cc(-c2ccc(F)cc2F)ccc1O[C@@H]1O[C@H](C(=O)O)[C@@H](O)[C@H](O)[C@H]1O. The van der Waals surface area contributed by atoms with E-state index in [1.165, 1.54) is 6.07 Å². The first-order chi connectivity index (χ1) is 14.1. The molecule has 0 aromatic heterocycles. The van der Waals surface area contributed by atoms with Gasteiger partial charge in [-0.3, -0.25) is 0 Å². The van der Waals surface area contributed by atoms with Crippen LogP contribution in [0.5, 0.6) is 5.75 Å². The van der Waals surface area contributed by atoms with Gasteiger partial charge in [-0.1, -0.05) is 6.07 Å². The summed E-state index contributed by atoms with van der Waals surface area (Å²) in [5.41, 5.74) is -0.496. The number of aliphatic hydroxyl groups is 3. The first kappa shape index (κ1) is 21.6. The zero-order valence-corrected chi connectivity index (χ0v) is 15.0. The molecule has 30 heavy (non-hydrogen) atoms. The van der Waals surface area contributed by atoms with Gasteiger partial charge in [0, 0.05) is 11.6 Å². The van der Waals surface area contributed by atoms with E-state index in [1.54, 1.807) is 0 Å². The number of hydrogen-bond donors (Lipinski definition) is 5. The van der Waals surface area contributed by atoms with Gasteiger partial charge < -0.3 is 35.0 Å². The number of rotatable bonds is 5. The second-order valence-electron chi connectivity index (χ2n) is 6.49. The number of aromatic carboxylic acids is 1. The van der Waals surface area contributed by atoms with E-state index in [9.17, 15) is 38.8 Å². The number of aliphatic carboxylic acids is 1. The van der Waals surface area contributed by atoms with Crippen LogP contribution in [0.1, 0.15) is 10.4 Å². The molecular weight excluding hydrogens is 410 g/mol. The lowest BCUT2D eigenvalue weighted by atomic mass is 9.98. The maximum atomic E-state index is 14.0. The van der Waals surface area contributed by atoms with Crippen LogP contribution in [0.4, 0.5) is 8.78 Å². The molecule has 2 aromatic rings. The number of halogens is 2. The highest BCUT2D eigenvalue weighted by Crippen LogP contribution is 2.31. The van der Waals surface area contributed by atoms with Crippen molar-refractivity contribution in [2.24, 2.45) is 0 Å². The molecule has 5 atom stereocenters. The van der Waals surface area contributed by atoms with E-state index in [2.05, 4.69) is 0 Å². The zero-order valence-electron chi connectivity index (χ0n) is 15.0. The Bertz CT molecular complexity index is 980. The summed E-state index contributed by atoms with van der Waals surface area (Å²) in [7, 11) is 0. The number of benzene rings is 2. The van der Waals surface area contributed by atoms with Crippen LogP contribution >= 0.6 is 0 Å². The molecule has 160 valence electrons. The van der Waals surface area contributed by atoms with Crippen molar-refractivity contribution in [1.82, 2.24) is 0 Å². The van der Waals surface area contributed by atoms with Crippen LogP contribution in [-0.4, -0.2) is 68.2 Å². The Balaban J connectivity index is 1.94. The Morgan fingerprint density at radius 1 is 0.933 bits per heavy atom. The van der Waals surface area contributed by atoms with Crippen LogP contribution in [0.3, 0.4) is 0 Å². The lowest BCUT2D eigenvalue weighted by Crippen LogP contribution is -2.61. The largest absolute Gasteiger partial charge is 0.479 e. The van der Waals surface area contributed by atoms with Crippen molar-refractivity contribution in [3.05, 3.63) is 53.6 Å². The van der Waals surface area contributed by atoms with Crippen molar-refractivity contribution in [2.45, 2.75) is 30.7 Å². The fourth-order valence-corrected chi connectivity index (χ4v) is 2.97. The van der Waals surface area contributed by atoms with Crippen molar-refractivity contribution < 1.29 is 53.4 Å². The highest BCUT2D eigenvalue weighted by molar-refractivity contribution is 5.92. The first-order valence-electron chi connectivity index (χ1n) is 8.52. The average molecular weight is 426 g/mol. The molecule has 0 unspecified atom stereocenters. The third-order valence-electron chi connectivity index (χ3n) is 4.51. The summed E-state index contributed by atoms with van der Waals surface area (Å²) < 4.78 is 37.3. The molecule has 1 fully saturated rings. The first-order valence-corrected chi connectivity index (χ1v) is 8.52. The maximum Gasteiger partial charge on any atom is 0.339 e. The summed E-state index contributed by atoms with van der Waals surface area (Å²) in [5, 5.41) is 48.0. The Hall–Kier alpha value is -3.12. The second kappa shape index (κ2) is 8.32. The molecule has 1 heterocycles. The molecule has 1 aliphatic heterocycles. The van der Waals surface area contributed by atoms with Crippen molar-refractivity contribution in [2.75, 3.05) is 0 Å². The fraction of sp³-hybridized carbons (Fsp3) is 0.263. The zero-order chi connectivity index (χ0) is 22.2. The van der Waals surface area contributed by atoms with E-state index in [0.29, 0.717) is 6.07 Å². The van der Waals surface area contributed by atoms with E-state index in [4.69, 9.17) is 14.6 Å². The van der Waals surface area contributed by atoms with Gasteiger partial charge >= 0.3 is 11.9 Å². The summed E-state index contributed by atoms with van der Waals surface area (Å²) in [6.45, 7) is 0. The number of carboxylic acid groups (broad SMARTS) is 2. The molecule has 11 heteroatoms. The minimum atomic E-state index is -1.94. The van der Waals surface area contributed by atoms with Gasteiger partial charge in [0.15, 0.2) is 6.10 Å². The molecule has 0 radical (unpaired) electrons. The lowest BCUT2D eigenvalue weighted by molar-refractivity contribution is -0.271. The van der Waals surface area contributed by atoms with E-state index >= 15 is 0 Å². The maximum absolute atomic E-state index is 14.0. The van der Waals surface area contributed by atoms with Gasteiger partial charge in [0.05, 0.1) is 0 Å². The van der Waals surface area contributed by atoms with Crippen LogP contribution in [0.15, 0.2) is 36.4 Å². The Morgan fingerprint density at radius 3 is 2.23 bits per heavy atom. The van der Waals surface area contributed by atoms with Crippen LogP contribution in [0, 0.1) is 11.6 Å². The van der Waals surface area contributed by atoms with Crippen LogP contribution in [0.25, 0.3) is 11.1 Å². The molecule has 5 N–H and O–H groups in total. The molecule has 1 aliphatic rings. The van der Waals surface area contributed by atoms with E-state index < -0.39 is 59.8 Å². The third-order valence-corrected chi connectivity index (χ3v) is 4.51. The van der Waals surface area contributed by atoms with Crippen LogP contribution in [-0.2, 0) is 9.53 Å². The number of aliphatic hydroxyl groups excluding tert-OH is 3. The quantitative estimate of drug-likeness (QED) is 0.462. The Kier molecular flexibility index (Phi) is 5.99. The predicted octanol–water partition coefficient (Wildman–Crippen LogP) is 0.601. The normalized spacial score (nSPS) is 26.2. The summed E-state index contributed by atoms with van der Waals surface area (Å²) in [5.74, 6) is -5.26. The van der Waals surface area contributed by atoms with E-state index in [-0.39, 0.29) is 16.9 Å². The standard InChI is InChI=1S/C19H16F2O9/c20-8-2-3-9(11(21)6-8)7-1-4-12(10(5-7)17(25)26)29-19-15(24)13(22)14(23)16(30-19)18(27)28/h1-6,13-16,19,22-24H,(H,25,26)(H,27,28)/t13-,14-,15+,16-,19+/m0/s1. The molecule has 0 bridgehead atoms. The van der Waals surface area contributed by atoms with Crippen molar-refractivity contribution in [3.8, 4) is 16.9 Å². The van der Waals surface area contributed by atoms with Crippen LogP contribution < -0.4 is 4.74 Å². The van der Waals surface area contributed by atoms with Crippen molar-refractivity contribution in [1.29, 1.82) is 0 Å². The monoisotopic (exact) mass is 426 g/mol. The lowest BCUT2D eigenvalue weighted by Gasteiger charge is -2.38. The predicted molar refractivity (Wildman–Crippen MR) is 93.7 cm³/mol. The summed E-state index contributed by atoms with van der Waals surface area (Å²) >= 11 is 0. The molecule has 1 saturated heterocycles. The molecule has 2 aromatic carbocycles. The van der Waals surface area contributed by atoms with Crippen molar-refractivity contribution in [3.63, 3.8) is 0 Å². The average Bonchev–Trinajstić information content (AvgIpc) is 2.68. The Labute approximate surface area is 167 Å². The van der Waals surface area contributed by atoms with E-state index in [1.807, 2.05) is 0 Å². The van der Waals surface area contributed by atoms with Gasteiger partial charge in [-0.15, -0.1) is 0 Å². The summed E-state index contributed by atoms with van der Waals surface area (Å²) in [6, 6.07) is 6.13. The van der Waals surface area contributed by atoms with Gasteiger partial charge in [-0.25, -0.2) is 18.4 Å². The van der Waals surface area contributed by atoms with Gasteiger partial charge in [0.2, 0.25) is 6.29 Å². The minimum Gasteiger partial charge on any atom is -0.479 e. The second-order valence-corrected chi connectivity index (χ2v) is 6.49. The molecule has 0 aliphatic carbocycles. The number of carbonyl (C=O) groups is 2. The van der Waals surface area contributed by atoms with Gasteiger partial charge in [0.1, 0.15) is 41.3 Å². The van der Waals surface area contributed by atoms with Crippen LogP contribution in [0.2, 0.25) is 0 Å². The number of hydrogen-bond acceptors (Lipinski definition) is 7. The van der Waals surface area contributed by atoms with E-state index in [0.717, 1.165) is 24.3 Å². The highest BCUT2D eigenvalue weighted by atomic mass is 19.1. The smallest absolute Gasteiger partial charge is 0.339 e. The number of carboxylic acids is 2. The van der Waals surface area contributed by atoms with Gasteiger partial charge in [-0.2, -0.15) is 0 Å². The summed E-state index contributed by atoms with van der Waals surface area (Å²) in [4.78, 5) is 22.8. The minimum absolute atomic E-state index is 0.0797. The Morgan fingerprint density at radius 2 is 1.63 bits per heavy atom. The molecule has 9 nitrogen and oxygen atoms in total. The third kappa shape index (κ3) is 4.09. The van der Waals surface area contributed by atoms with Crippen molar-refractivity contribution >= 4 is 11.9 Å². The molecule has 0 amide bonds. The fourth-order valence-electron chi connectivity index (χ4n) is 2.97. The topological polar surface area (TPSA) is 154 Å². The molecule has 0 spiro atoms. The number of ether oxygens (including phenoxy) is 2. The van der Waals surface area contributed by atoms with Gasteiger partial charge in [0.25, 0.3) is 0 Å². The molecular formula is C19H16F2O9. The van der Waals surface area contributed by atoms with Gasteiger partial charge in [-0.05, 0) is 29.8 Å². The molecule has 3 rings (SSSR count). The summed E-state index contributed by atoms with van der Waals surface area (Å²) in [6.07, 6.45) is -9.54. The highest BCUT2D eigenvalue weighted by Gasteiger charge is 2.48.